The second kappa shape index (κ2) is 9.22. The molecule has 0 aliphatic rings. The molecular formula is C19H18Br2N6O. The van der Waals surface area contributed by atoms with Crippen LogP contribution in [0.3, 0.4) is 0 Å². The molecule has 0 aliphatic carbocycles. The lowest BCUT2D eigenvalue weighted by Crippen LogP contribution is -2.13. The van der Waals surface area contributed by atoms with Gasteiger partial charge in [-0.05, 0) is 70.2 Å². The largest absolute Gasteiger partial charge is 0.340 e. The van der Waals surface area contributed by atoms with Gasteiger partial charge in [-0.1, -0.05) is 6.08 Å². The van der Waals surface area contributed by atoms with Crippen LogP contribution in [0.25, 0.3) is 10.9 Å². The molecule has 0 bridgehead atoms. The van der Waals surface area contributed by atoms with Crippen LogP contribution in [0, 0.1) is 0 Å². The summed E-state index contributed by atoms with van der Waals surface area (Å²) in [6.45, 7) is 0.684. The first kappa shape index (κ1) is 20.4. The Morgan fingerprint density at radius 3 is 2.71 bits per heavy atom. The minimum atomic E-state index is -0.239. The summed E-state index contributed by atoms with van der Waals surface area (Å²) in [4.78, 5) is 26.9. The van der Waals surface area contributed by atoms with Gasteiger partial charge in [-0.3, -0.25) is 4.79 Å². The first-order valence-electron chi connectivity index (χ1n) is 8.37. The van der Waals surface area contributed by atoms with Crippen LogP contribution in [0.4, 0.5) is 17.3 Å². The smallest absolute Gasteiger partial charge is 0.249 e. The Balaban J connectivity index is 1.84. The molecule has 1 amide bonds. The molecule has 28 heavy (non-hydrogen) atoms. The van der Waals surface area contributed by atoms with Gasteiger partial charge in [0.1, 0.15) is 18.0 Å². The van der Waals surface area contributed by atoms with Gasteiger partial charge < -0.3 is 15.5 Å². The van der Waals surface area contributed by atoms with Crippen LogP contribution in [0.2, 0.25) is 0 Å². The second-order valence-electron chi connectivity index (χ2n) is 6.22. The Labute approximate surface area is 179 Å². The van der Waals surface area contributed by atoms with Gasteiger partial charge in [-0.15, -0.1) is 0 Å². The highest BCUT2D eigenvalue weighted by molar-refractivity contribution is 9.13. The number of amides is 1. The fourth-order valence-corrected chi connectivity index (χ4v) is 3.00. The van der Waals surface area contributed by atoms with Gasteiger partial charge in [0.2, 0.25) is 5.91 Å². The molecule has 1 aromatic carbocycles. The highest BCUT2D eigenvalue weighted by Crippen LogP contribution is 2.29. The van der Waals surface area contributed by atoms with Gasteiger partial charge in [0.15, 0.2) is 0 Å². The predicted molar refractivity (Wildman–Crippen MR) is 119 cm³/mol. The molecule has 7 nitrogen and oxygen atoms in total. The average molecular weight is 506 g/mol. The predicted octanol–water partition coefficient (Wildman–Crippen LogP) is 4.35. The van der Waals surface area contributed by atoms with E-state index >= 15 is 0 Å². The molecule has 0 spiro atoms. The molecule has 0 aliphatic heterocycles. The maximum Gasteiger partial charge on any atom is 0.249 e. The summed E-state index contributed by atoms with van der Waals surface area (Å²) in [5.41, 5.74) is 1.54. The molecule has 9 heteroatoms. The Hall–Kier alpha value is -2.36. The lowest BCUT2D eigenvalue weighted by Gasteiger charge is -2.10. The van der Waals surface area contributed by atoms with Crippen LogP contribution >= 0.6 is 31.9 Å². The molecule has 2 N–H and O–H groups in total. The first-order chi connectivity index (χ1) is 13.4. The standard InChI is InChI=1S/C19H18Br2N6O/c1-27(2)7-3-4-18(28)26-17-9-13-16(10-22-17)23-11-24-19(13)25-12-5-6-14(20)15(21)8-12/h3-6,8-11H,7H2,1-2H3,(H,22,26,28)(H,23,24,25)/b4-3+. The van der Waals surface area contributed by atoms with Crippen LogP contribution in [-0.2, 0) is 4.79 Å². The van der Waals surface area contributed by atoms with Crippen molar-refractivity contribution >= 4 is 66.0 Å². The van der Waals surface area contributed by atoms with Crippen molar-refractivity contribution in [1.29, 1.82) is 0 Å². The van der Waals surface area contributed by atoms with Gasteiger partial charge in [0.25, 0.3) is 0 Å². The maximum absolute atomic E-state index is 12.1. The molecule has 0 saturated carbocycles. The third-order valence-electron chi connectivity index (χ3n) is 3.70. The number of benzene rings is 1. The Kier molecular flexibility index (Phi) is 6.71. The molecule has 2 aromatic heterocycles. The second-order valence-corrected chi connectivity index (χ2v) is 7.93. The van der Waals surface area contributed by atoms with E-state index in [1.165, 1.54) is 12.4 Å². The van der Waals surface area contributed by atoms with E-state index in [0.717, 1.165) is 20.0 Å². The lowest BCUT2D eigenvalue weighted by atomic mass is 10.2. The SMILES string of the molecule is CN(C)C/C=C/C(=O)Nc1cc2c(Nc3ccc(Br)c(Br)c3)ncnc2cn1. The number of aromatic nitrogens is 3. The molecule has 0 saturated heterocycles. The topological polar surface area (TPSA) is 83.0 Å². The monoisotopic (exact) mass is 504 g/mol. The van der Waals surface area contributed by atoms with Crippen molar-refractivity contribution in [3.63, 3.8) is 0 Å². The molecule has 144 valence electrons. The normalized spacial score (nSPS) is 11.3. The molecule has 0 atom stereocenters. The summed E-state index contributed by atoms with van der Waals surface area (Å²) in [5, 5.41) is 6.80. The summed E-state index contributed by atoms with van der Waals surface area (Å²) in [6.07, 6.45) is 6.37. The number of hydrogen-bond acceptors (Lipinski definition) is 6. The zero-order valence-electron chi connectivity index (χ0n) is 15.3. The van der Waals surface area contributed by atoms with Gasteiger partial charge in [0, 0.05) is 32.6 Å². The van der Waals surface area contributed by atoms with Crippen LogP contribution in [0.1, 0.15) is 0 Å². The number of rotatable bonds is 6. The van der Waals surface area contributed by atoms with Gasteiger partial charge in [0.05, 0.1) is 11.7 Å². The van der Waals surface area contributed by atoms with E-state index in [2.05, 4.69) is 57.4 Å². The van der Waals surface area contributed by atoms with E-state index in [9.17, 15) is 4.79 Å². The summed E-state index contributed by atoms with van der Waals surface area (Å²) in [5.74, 6) is 0.819. The number of hydrogen-bond donors (Lipinski definition) is 2. The van der Waals surface area contributed by atoms with Crippen molar-refractivity contribution in [3.05, 3.63) is 57.9 Å². The number of anilines is 3. The number of nitrogens with zero attached hydrogens (tertiary/aromatic N) is 4. The van der Waals surface area contributed by atoms with Crippen molar-refractivity contribution in [2.45, 2.75) is 0 Å². The van der Waals surface area contributed by atoms with Gasteiger partial charge in [-0.2, -0.15) is 0 Å². The molecule has 0 radical (unpaired) electrons. The fraction of sp³-hybridized carbons (Fsp3) is 0.158. The van der Waals surface area contributed by atoms with E-state index in [-0.39, 0.29) is 5.91 Å². The van der Waals surface area contributed by atoms with Crippen molar-refractivity contribution in [3.8, 4) is 0 Å². The minimum Gasteiger partial charge on any atom is -0.340 e. The van der Waals surface area contributed by atoms with E-state index < -0.39 is 0 Å². The number of nitrogens with one attached hydrogen (secondary N) is 2. The number of carbonyl (C=O) groups is 1. The number of fused-ring (bicyclic) bond motifs is 1. The zero-order valence-corrected chi connectivity index (χ0v) is 18.5. The molecular weight excluding hydrogens is 488 g/mol. The third-order valence-corrected chi connectivity index (χ3v) is 5.57. The minimum absolute atomic E-state index is 0.239. The Bertz CT molecular complexity index is 1040. The van der Waals surface area contributed by atoms with E-state index in [0.29, 0.717) is 23.7 Å². The zero-order chi connectivity index (χ0) is 20.1. The maximum atomic E-state index is 12.1. The first-order valence-corrected chi connectivity index (χ1v) is 9.96. The van der Waals surface area contributed by atoms with Crippen LogP contribution in [-0.4, -0.2) is 46.4 Å². The van der Waals surface area contributed by atoms with Crippen molar-refractivity contribution in [2.24, 2.45) is 0 Å². The number of carbonyl (C=O) groups excluding carboxylic acids is 1. The summed E-state index contributed by atoms with van der Waals surface area (Å²) in [6, 6.07) is 7.56. The van der Waals surface area contributed by atoms with Crippen molar-refractivity contribution in [1.82, 2.24) is 19.9 Å². The third kappa shape index (κ3) is 5.34. The highest BCUT2D eigenvalue weighted by atomic mass is 79.9. The lowest BCUT2D eigenvalue weighted by molar-refractivity contribution is -0.111. The number of pyridine rings is 1. The van der Waals surface area contributed by atoms with Gasteiger partial charge in [-0.25, -0.2) is 15.0 Å². The van der Waals surface area contributed by atoms with Crippen LogP contribution < -0.4 is 10.6 Å². The van der Waals surface area contributed by atoms with Crippen molar-refractivity contribution in [2.75, 3.05) is 31.3 Å². The van der Waals surface area contributed by atoms with Gasteiger partial charge >= 0.3 is 0 Å². The number of likely N-dealkylation sites (N-methyl/N-ethyl adjacent to an activating group) is 1. The number of halogens is 2. The van der Waals surface area contributed by atoms with E-state index in [1.807, 2.05) is 37.2 Å². The van der Waals surface area contributed by atoms with Crippen molar-refractivity contribution < 1.29 is 4.79 Å². The average Bonchev–Trinajstić information content (AvgIpc) is 2.65. The fourth-order valence-electron chi connectivity index (χ4n) is 2.38. The van der Waals surface area contributed by atoms with E-state index in [4.69, 9.17) is 0 Å². The highest BCUT2D eigenvalue weighted by Gasteiger charge is 2.08. The quantitative estimate of drug-likeness (QED) is 0.484. The Morgan fingerprint density at radius 1 is 1.14 bits per heavy atom. The van der Waals surface area contributed by atoms with E-state index in [1.54, 1.807) is 18.3 Å². The summed E-state index contributed by atoms with van der Waals surface area (Å²) in [7, 11) is 3.87. The molecule has 2 heterocycles. The summed E-state index contributed by atoms with van der Waals surface area (Å²) < 4.78 is 1.89. The summed E-state index contributed by atoms with van der Waals surface area (Å²) >= 11 is 6.95. The molecule has 3 aromatic rings. The Morgan fingerprint density at radius 2 is 1.96 bits per heavy atom. The molecule has 3 rings (SSSR count). The van der Waals surface area contributed by atoms with Crippen LogP contribution in [0.5, 0.6) is 0 Å². The molecule has 0 fully saturated rings. The van der Waals surface area contributed by atoms with Crippen LogP contribution in [0.15, 0.2) is 57.9 Å². The molecule has 0 unspecified atom stereocenters.